The monoisotopic (exact) mass is 347 g/mol. The number of piperazine rings is 1. The van der Waals surface area contributed by atoms with Gasteiger partial charge >= 0.3 is 0 Å². The topological polar surface area (TPSA) is 41.3 Å². The minimum Gasteiger partial charge on any atom is -0.444 e. The third kappa shape index (κ3) is 3.51. The Labute approximate surface area is 150 Å². The fourth-order valence-electron chi connectivity index (χ4n) is 4.12. The summed E-state index contributed by atoms with van der Waals surface area (Å²) in [4.78, 5) is 7.37. The molecule has 1 aliphatic carbocycles. The van der Waals surface area contributed by atoms with Crippen LogP contribution in [0.15, 0.2) is 41.0 Å². The smallest absolute Gasteiger partial charge is 0.226 e. The van der Waals surface area contributed by atoms with Crippen molar-refractivity contribution in [3.05, 3.63) is 42.3 Å². The quantitative estimate of drug-likeness (QED) is 0.915. The van der Waals surface area contributed by atoms with Crippen LogP contribution < -0.4 is 5.32 Å². The Hall–Kier alpha value is -1.36. The van der Waals surface area contributed by atoms with E-state index in [1.807, 2.05) is 36.6 Å². The van der Waals surface area contributed by atoms with E-state index in [2.05, 4.69) is 10.2 Å². The minimum absolute atomic E-state index is 0. The van der Waals surface area contributed by atoms with Crippen LogP contribution in [0.3, 0.4) is 0 Å². The van der Waals surface area contributed by atoms with Crippen LogP contribution >= 0.6 is 12.4 Å². The minimum atomic E-state index is 0. The summed E-state index contributed by atoms with van der Waals surface area (Å²) in [5.41, 5.74) is 2.43. The average molecular weight is 348 g/mol. The predicted molar refractivity (Wildman–Crippen MR) is 98.3 cm³/mol. The first-order chi connectivity index (χ1) is 11.4. The normalized spacial score (nSPS) is 20.7. The van der Waals surface area contributed by atoms with Gasteiger partial charge in [0.25, 0.3) is 0 Å². The lowest BCUT2D eigenvalue weighted by atomic mass is 9.79. The number of oxazole rings is 1. The summed E-state index contributed by atoms with van der Waals surface area (Å²) in [6.45, 7) is 4.20. The highest BCUT2D eigenvalue weighted by molar-refractivity contribution is 5.85. The van der Waals surface area contributed by atoms with Gasteiger partial charge in [-0.25, -0.2) is 4.98 Å². The number of rotatable bonds is 3. The maximum Gasteiger partial charge on any atom is 0.226 e. The number of hydrogen-bond acceptors (Lipinski definition) is 4. The molecule has 0 unspecified atom stereocenters. The Morgan fingerprint density at radius 2 is 1.92 bits per heavy atom. The number of halogens is 1. The first-order valence-electron chi connectivity index (χ1n) is 8.81. The third-order valence-corrected chi connectivity index (χ3v) is 5.39. The molecule has 4 rings (SSSR count). The molecule has 0 amide bonds. The second-order valence-corrected chi connectivity index (χ2v) is 6.89. The summed E-state index contributed by atoms with van der Waals surface area (Å²) in [6.07, 6.45) is 8.55. The largest absolute Gasteiger partial charge is 0.444 e. The molecule has 1 saturated carbocycles. The third-order valence-electron chi connectivity index (χ3n) is 5.39. The van der Waals surface area contributed by atoms with Gasteiger partial charge in [0.05, 0.1) is 5.69 Å². The standard InChI is InChI=1S/C19H25N3O.ClH/c1-3-7-16(8-4-1)18-21-17(14-23-18)13-22-12-11-20-15-19(22)9-5-2-6-10-19;/h1,3-4,7-8,14,20H,2,5-6,9-13,15H2;1H. The maximum atomic E-state index is 5.71. The molecular formula is C19H26ClN3O. The molecule has 0 atom stereocenters. The molecule has 1 aromatic heterocycles. The number of aromatic nitrogens is 1. The molecule has 130 valence electrons. The van der Waals surface area contributed by atoms with Gasteiger partial charge in [0.2, 0.25) is 5.89 Å². The van der Waals surface area contributed by atoms with E-state index < -0.39 is 0 Å². The molecule has 1 N–H and O–H groups in total. The highest BCUT2D eigenvalue weighted by Gasteiger charge is 2.39. The lowest BCUT2D eigenvalue weighted by molar-refractivity contribution is 0.0199. The van der Waals surface area contributed by atoms with Gasteiger partial charge in [0, 0.05) is 37.3 Å². The molecule has 1 spiro atoms. The van der Waals surface area contributed by atoms with Crippen molar-refractivity contribution in [3.8, 4) is 11.5 Å². The molecule has 5 heteroatoms. The molecule has 0 radical (unpaired) electrons. The van der Waals surface area contributed by atoms with E-state index in [1.165, 1.54) is 32.1 Å². The van der Waals surface area contributed by atoms with Gasteiger partial charge in [0.15, 0.2) is 0 Å². The molecule has 24 heavy (non-hydrogen) atoms. The Balaban J connectivity index is 0.00000169. The van der Waals surface area contributed by atoms with Crippen LogP contribution in [-0.2, 0) is 6.54 Å². The van der Waals surface area contributed by atoms with Gasteiger partial charge < -0.3 is 9.73 Å². The Kier molecular flexibility index (Phi) is 5.59. The van der Waals surface area contributed by atoms with Crippen LogP contribution in [0.1, 0.15) is 37.8 Å². The molecule has 1 aliphatic heterocycles. The fraction of sp³-hybridized carbons (Fsp3) is 0.526. The van der Waals surface area contributed by atoms with Crippen LogP contribution in [-0.4, -0.2) is 35.1 Å². The van der Waals surface area contributed by atoms with Crippen molar-refractivity contribution in [2.24, 2.45) is 0 Å². The van der Waals surface area contributed by atoms with Crippen molar-refractivity contribution in [2.75, 3.05) is 19.6 Å². The van der Waals surface area contributed by atoms with E-state index in [1.54, 1.807) is 0 Å². The van der Waals surface area contributed by atoms with Gasteiger partial charge in [-0.2, -0.15) is 0 Å². The Bertz CT molecular complexity index is 629. The Morgan fingerprint density at radius 3 is 2.71 bits per heavy atom. The van der Waals surface area contributed by atoms with Crippen LogP contribution in [0, 0.1) is 0 Å². The van der Waals surface area contributed by atoms with Gasteiger partial charge in [-0.1, -0.05) is 37.5 Å². The van der Waals surface area contributed by atoms with E-state index in [-0.39, 0.29) is 12.4 Å². The summed E-state index contributed by atoms with van der Waals surface area (Å²) < 4.78 is 5.71. The van der Waals surface area contributed by atoms with Crippen molar-refractivity contribution in [1.29, 1.82) is 0 Å². The van der Waals surface area contributed by atoms with E-state index in [4.69, 9.17) is 9.40 Å². The molecule has 1 saturated heterocycles. The van der Waals surface area contributed by atoms with Crippen molar-refractivity contribution < 1.29 is 4.42 Å². The summed E-state index contributed by atoms with van der Waals surface area (Å²) >= 11 is 0. The number of benzene rings is 1. The molecule has 2 fully saturated rings. The Morgan fingerprint density at radius 1 is 1.12 bits per heavy atom. The first kappa shape index (κ1) is 17.5. The zero-order valence-electron chi connectivity index (χ0n) is 14.0. The first-order valence-corrected chi connectivity index (χ1v) is 8.81. The highest BCUT2D eigenvalue weighted by atomic mass is 35.5. The van der Waals surface area contributed by atoms with E-state index in [9.17, 15) is 0 Å². The van der Waals surface area contributed by atoms with Gasteiger partial charge in [-0.05, 0) is 25.0 Å². The zero-order valence-corrected chi connectivity index (χ0v) is 14.9. The molecule has 1 aromatic carbocycles. The fourth-order valence-corrected chi connectivity index (χ4v) is 4.12. The molecule has 2 aromatic rings. The number of nitrogens with zero attached hydrogens (tertiary/aromatic N) is 2. The summed E-state index contributed by atoms with van der Waals surface area (Å²) in [6, 6.07) is 10.1. The van der Waals surface area contributed by atoms with Crippen LogP contribution in [0.5, 0.6) is 0 Å². The second kappa shape index (κ2) is 7.68. The number of nitrogens with one attached hydrogen (secondary N) is 1. The van der Waals surface area contributed by atoms with Gasteiger partial charge in [0.1, 0.15) is 6.26 Å². The molecule has 4 nitrogen and oxygen atoms in total. The van der Waals surface area contributed by atoms with E-state index in [0.29, 0.717) is 5.54 Å². The van der Waals surface area contributed by atoms with Gasteiger partial charge in [-0.3, -0.25) is 4.90 Å². The van der Waals surface area contributed by atoms with Crippen LogP contribution in [0.2, 0.25) is 0 Å². The van der Waals surface area contributed by atoms with Crippen molar-refractivity contribution in [3.63, 3.8) is 0 Å². The van der Waals surface area contributed by atoms with Gasteiger partial charge in [-0.15, -0.1) is 12.4 Å². The summed E-state index contributed by atoms with van der Waals surface area (Å²) in [5.74, 6) is 0.730. The van der Waals surface area contributed by atoms with Crippen LogP contribution in [0.4, 0.5) is 0 Å². The summed E-state index contributed by atoms with van der Waals surface area (Å²) in [7, 11) is 0. The number of hydrogen-bond donors (Lipinski definition) is 1. The summed E-state index contributed by atoms with van der Waals surface area (Å²) in [5, 5.41) is 3.61. The molecule has 2 heterocycles. The molecule has 0 bridgehead atoms. The lowest BCUT2D eigenvalue weighted by Crippen LogP contribution is -2.61. The van der Waals surface area contributed by atoms with E-state index >= 15 is 0 Å². The molecular weight excluding hydrogens is 322 g/mol. The second-order valence-electron chi connectivity index (χ2n) is 6.89. The van der Waals surface area contributed by atoms with E-state index in [0.717, 1.165) is 43.3 Å². The lowest BCUT2D eigenvalue weighted by Gasteiger charge is -2.49. The predicted octanol–water partition coefficient (Wildman–Crippen LogP) is 3.87. The van der Waals surface area contributed by atoms with Crippen molar-refractivity contribution in [2.45, 2.75) is 44.2 Å². The average Bonchev–Trinajstić information content (AvgIpc) is 3.07. The van der Waals surface area contributed by atoms with Crippen molar-refractivity contribution >= 4 is 12.4 Å². The highest BCUT2D eigenvalue weighted by Crippen LogP contribution is 2.35. The van der Waals surface area contributed by atoms with Crippen LogP contribution in [0.25, 0.3) is 11.5 Å². The molecule has 2 aliphatic rings. The zero-order chi connectivity index (χ0) is 15.5. The maximum absolute atomic E-state index is 5.71. The van der Waals surface area contributed by atoms with Crippen molar-refractivity contribution in [1.82, 2.24) is 15.2 Å². The SMILES string of the molecule is Cl.c1ccc(-c2nc(CN3CCNCC34CCCCC4)co2)cc1.